The largest absolute Gasteiger partial charge is 0.493 e. The van der Waals surface area contributed by atoms with Gasteiger partial charge in [0.25, 0.3) is 0 Å². The van der Waals surface area contributed by atoms with Gasteiger partial charge in [0, 0.05) is 13.6 Å². The van der Waals surface area contributed by atoms with Crippen LogP contribution in [-0.2, 0) is 20.2 Å². The summed E-state index contributed by atoms with van der Waals surface area (Å²) in [5, 5.41) is 7.61. The lowest BCUT2D eigenvalue weighted by atomic mass is 10.2. The topological polar surface area (TPSA) is 48.3 Å². The molecule has 5 heteroatoms. The summed E-state index contributed by atoms with van der Waals surface area (Å²) in [4.78, 5) is 0. The number of aromatic nitrogens is 2. The normalized spacial score (nSPS) is 10.7. The third-order valence-electron chi connectivity index (χ3n) is 3.28. The first-order valence-electron chi connectivity index (χ1n) is 7.14. The molecule has 1 heterocycles. The molecule has 0 aliphatic rings. The first kappa shape index (κ1) is 15.4. The van der Waals surface area contributed by atoms with Crippen LogP contribution in [-0.4, -0.2) is 23.4 Å². The molecule has 0 atom stereocenters. The fraction of sp³-hybridized carbons (Fsp3) is 0.438. The lowest BCUT2D eigenvalue weighted by Gasteiger charge is -2.12. The molecule has 0 saturated carbocycles. The Balaban J connectivity index is 2.07. The van der Waals surface area contributed by atoms with E-state index in [1.807, 2.05) is 36.9 Å². The molecule has 1 aromatic carbocycles. The molecule has 0 fully saturated rings. The van der Waals surface area contributed by atoms with Gasteiger partial charge in [0.15, 0.2) is 11.5 Å². The van der Waals surface area contributed by atoms with Crippen molar-refractivity contribution in [2.75, 3.05) is 13.7 Å². The van der Waals surface area contributed by atoms with Crippen LogP contribution in [0, 0.1) is 6.92 Å². The average molecular weight is 289 g/mol. The number of benzene rings is 1. The van der Waals surface area contributed by atoms with Gasteiger partial charge in [-0.05, 0) is 37.2 Å². The molecule has 0 aliphatic carbocycles. The summed E-state index contributed by atoms with van der Waals surface area (Å²) in [5.41, 5.74) is 3.20. The molecule has 1 N–H and O–H groups in total. The van der Waals surface area contributed by atoms with E-state index in [4.69, 9.17) is 9.47 Å². The molecule has 0 aliphatic heterocycles. The summed E-state index contributed by atoms with van der Waals surface area (Å²) in [5.74, 6) is 1.50. The summed E-state index contributed by atoms with van der Waals surface area (Å²) in [6.45, 7) is 6.30. The summed E-state index contributed by atoms with van der Waals surface area (Å²) >= 11 is 0. The van der Waals surface area contributed by atoms with Crippen molar-refractivity contribution in [1.82, 2.24) is 15.1 Å². The van der Waals surface area contributed by atoms with Gasteiger partial charge in [-0.2, -0.15) is 5.10 Å². The van der Waals surface area contributed by atoms with Gasteiger partial charge in [0.2, 0.25) is 0 Å². The fourth-order valence-corrected chi connectivity index (χ4v) is 2.16. The van der Waals surface area contributed by atoms with Crippen LogP contribution in [0.5, 0.6) is 11.5 Å². The van der Waals surface area contributed by atoms with Crippen molar-refractivity contribution in [1.29, 1.82) is 0 Å². The number of hydrogen-bond acceptors (Lipinski definition) is 4. The van der Waals surface area contributed by atoms with Gasteiger partial charge < -0.3 is 14.8 Å². The zero-order valence-electron chi connectivity index (χ0n) is 13.1. The maximum Gasteiger partial charge on any atom is 0.161 e. The van der Waals surface area contributed by atoms with E-state index < -0.39 is 0 Å². The van der Waals surface area contributed by atoms with Crippen LogP contribution in [0.15, 0.2) is 24.3 Å². The minimum Gasteiger partial charge on any atom is -0.493 e. The van der Waals surface area contributed by atoms with Crippen molar-refractivity contribution in [2.45, 2.75) is 27.0 Å². The van der Waals surface area contributed by atoms with E-state index in [1.165, 1.54) is 5.56 Å². The van der Waals surface area contributed by atoms with Crippen molar-refractivity contribution in [3.63, 3.8) is 0 Å². The molecule has 0 saturated heterocycles. The average Bonchev–Trinajstić information content (AvgIpc) is 2.81. The number of methoxy groups -OCH3 is 1. The standard InChI is InChI=1S/C16H23N3O2/c1-5-17-10-13-6-7-15(16(9-13)20-4)21-11-14-8-12(2)18-19(14)3/h6-9,17H,5,10-11H2,1-4H3. The third-order valence-corrected chi connectivity index (χ3v) is 3.28. The second-order valence-electron chi connectivity index (χ2n) is 4.95. The van der Waals surface area contributed by atoms with Crippen LogP contribution in [0.2, 0.25) is 0 Å². The number of rotatable bonds is 7. The number of aryl methyl sites for hydroxylation is 2. The number of nitrogens with zero attached hydrogens (tertiary/aromatic N) is 2. The van der Waals surface area contributed by atoms with Gasteiger partial charge in [-0.25, -0.2) is 0 Å². The molecule has 0 unspecified atom stereocenters. The Labute approximate surface area is 125 Å². The highest BCUT2D eigenvalue weighted by Crippen LogP contribution is 2.28. The smallest absolute Gasteiger partial charge is 0.161 e. The Morgan fingerprint density at radius 1 is 1.24 bits per heavy atom. The second kappa shape index (κ2) is 7.13. The van der Waals surface area contributed by atoms with E-state index in [9.17, 15) is 0 Å². The van der Waals surface area contributed by atoms with Crippen LogP contribution in [0.1, 0.15) is 23.9 Å². The van der Waals surface area contributed by atoms with E-state index >= 15 is 0 Å². The van der Waals surface area contributed by atoms with E-state index in [1.54, 1.807) is 7.11 Å². The predicted octanol–water partition coefficient (Wildman–Crippen LogP) is 2.43. The summed E-state index contributed by atoms with van der Waals surface area (Å²) in [6.07, 6.45) is 0. The van der Waals surface area contributed by atoms with Crippen molar-refractivity contribution >= 4 is 0 Å². The van der Waals surface area contributed by atoms with Crippen LogP contribution >= 0.6 is 0 Å². The lowest BCUT2D eigenvalue weighted by molar-refractivity contribution is 0.275. The molecule has 0 bridgehead atoms. The molecule has 2 rings (SSSR count). The van der Waals surface area contributed by atoms with Crippen LogP contribution in [0.3, 0.4) is 0 Å². The number of hydrogen-bond donors (Lipinski definition) is 1. The van der Waals surface area contributed by atoms with Gasteiger partial charge in [-0.3, -0.25) is 4.68 Å². The van der Waals surface area contributed by atoms with E-state index in [0.29, 0.717) is 6.61 Å². The van der Waals surface area contributed by atoms with E-state index in [0.717, 1.165) is 36.0 Å². The SMILES string of the molecule is CCNCc1ccc(OCc2cc(C)nn2C)c(OC)c1. The monoisotopic (exact) mass is 289 g/mol. The van der Waals surface area contributed by atoms with Crippen LogP contribution in [0.25, 0.3) is 0 Å². The lowest BCUT2D eigenvalue weighted by Crippen LogP contribution is -2.11. The van der Waals surface area contributed by atoms with Crippen molar-refractivity contribution in [3.8, 4) is 11.5 Å². The molecule has 0 amide bonds. The van der Waals surface area contributed by atoms with Gasteiger partial charge in [-0.15, -0.1) is 0 Å². The molecule has 114 valence electrons. The molecular formula is C16H23N3O2. The maximum absolute atomic E-state index is 5.86. The highest BCUT2D eigenvalue weighted by Gasteiger charge is 2.08. The van der Waals surface area contributed by atoms with Crippen molar-refractivity contribution < 1.29 is 9.47 Å². The highest BCUT2D eigenvalue weighted by atomic mass is 16.5. The van der Waals surface area contributed by atoms with Gasteiger partial charge in [0.1, 0.15) is 6.61 Å². The summed E-state index contributed by atoms with van der Waals surface area (Å²) in [6, 6.07) is 8.03. The Morgan fingerprint density at radius 3 is 2.67 bits per heavy atom. The molecule has 5 nitrogen and oxygen atoms in total. The Hall–Kier alpha value is -2.01. The number of ether oxygens (including phenoxy) is 2. The molecule has 0 radical (unpaired) electrons. The quantitative estimate of drug-likeness (QED) is 0.850. The van der Waals surface area contributed by atoms with Crippen LogP contribution < -0.4 is 14.8 Å². The van der Waals surface area contributed by atoms with Crippen molar-refractivity contribution in [2.24, 2.45) is 7.05 Å². The van der Waals surface area contributed by atoms with Crippen molar-refractivity contribution in [3.05, 3.63) is 41.2 Å². The van der Waals surface area contributed by atoms with E-state index in [2.05, 4.69) is 23.4 Å². The number of nitrogens with one attached hydrogen (secondary N) is 1. The minimum atomic E-state index is 0.472. The Kier molecular flexibility index (Phi) is 5.22. The zero-order chi connectivity index (χ0) is 15.2. The first-order valence-corrected chi connectivity index (χ1v) is 7.14. The van der Waals surface area contributed by atoms with Gasteiger partial charge >= 0.3 is 0 Å². The van der Waals surface area contributed by atoms with Gasteiger partial charge in [0.05, 0.1) is 18.5 Å². The predicted molar refractivity (Wildman–Crippen MR) is 82.7 cm³/mol. The third kappa shape index (κ3) is 3.98. The second-order valence-corrected chi connectivity index (χ2v) is 4.95. The fourth-order valence-electron chi connectivity index (χ4n) is 2.16. The Bertz CT molecular complexity index is 593. The molecule has 1 aromatic heterocycles. The highest BCUT2D eigenvalue weighted by molar-refractivity contribution is 5.43. The first-order chi connectivity index (χ1) is 10.1. The van der Waals surface area contributed by atoms with Gasteiger partial charge in [-0.1, -0.05) is 13.0 Å². The summed E-state index contributed by atoms with van der Waals surface area (Å²) in [7, 11) is 3.58. The Morgan fingerprint density at radius 2 is 2.05 bits per heavy atom. The van der Waals surface area contributed by atoms with E-state index in [-0.39, 0.29) is 0 Å². The summed E-state index contributed by atoms with van der Waals surface area (Å²) < 4.78 is 13.1. The maximum atomic E-state index is 5.86. The molecule has 0 spiro atoms. The molecule has 2 aromatic rings. The molecular weight excluding hydrogens is 266 g/mol. The zero-order valence-corrected chi connectivity index (χ0v) is 13.1. The minimum absolute atomic E-state index is 0.472. The molecule has 21 heavy (non-hydrogen) atoms. The van der Waals surface area contributed by atoms with Crippen LogP contribution in [0.4, 0.5) is 0 Å².